The molecule has 280 valence electrons. The molecule has 14 heteroatoms. The number of esters is 1. The van der Waals surface area contributed by atoms with Gasteiger partial charge in [0, 0.05) is 12.3 Å². The van der Waals surface area contributed by atoms with Crippen molar-refractivity contribution >= 4 is 35.7 Å². The number of hydrogen-bond acceptors (Lipinski definition) is 9. The van der Waals surface area contributed by atoms with Crippen LogP contribution in [-0.2, 0) is 51.2 Å². The quantitative estimate of drug-likeness (QED) is 0.0580. The lowest BCUT2D eigenvalue weighted by atomic mass is 9.98. The van der Waals surface area contributed by atoms with E-state index in [1.807, 2.05) is 78.9 Å². The summed E-state index contributed by atoms with van der Waals surface area (Å²) in [7, 11) is 0. The molecule has 5 rings (SSSR count). The standard InChI is InChI=1S/C40H41N5O9/c46-35(21-43-40(51)54-24-33-31-17-9-7-15-29(31)30-16-8-10-18-32(30)33)41-22-37(48)45-34(19-27-11-3-1-4-12-27)39(50)42-20-36(47)44-26-52-25-38(49)53-23-28-13-5-2-6-14-28/h1-18,33-34H,19-26H2,(H,41,46)(H,42,50)(H,43,51)(H,44,47)(H,45,48)/t34-/m1/s1. The Morgan fingerprint density at radius 2 is 1.13 bits per heavy atom. The van der Waals surface area contributed by atoms with Gasteiger partial charge in [-0.2, -0.15) is 0 Å². The Labute approximate surface area is 311 Å². The first-order chi connectivity index (χ1) is 26.3. The first kappa shape index (κ1) is 38.7. The molecule has 4 aromatic rings. The molecule has 0 radical (unpaired) electrons. The second-order valence-corrected chi connectivity index (χ2v) is 12.2. The Morgan fingerprint density at radius 3 is 1.80 bits per heavy atom. The Balaban J connectivity index is 0.999. The summed E-state index contributed by atoms with van der Waals surface area (Å²) in [5.41, 5.74) is 5.85. The minimum absolute atomic E-state index is 0.0796. The van der Waals surface area contributed by atoms with Gasteiger partial charge in [0.05, 0.1) is 13.1 Å². The smallest absolute Gasteiger partial charge is 0.407 e. The average molecular weight is 736 g/mol. The van der Waals surface area contributed by atoms with Crippen LogP contribution in [0.3, 0.4) is 0 Å². The van der Waals surface area contributed by atoms with Crippen molar-refractivity contribution in [2.24, 2.45) is 0 Å². The highest BCUT2D eigenvalue weighted by molar-refractivity contribution is 5.92. The fourth-order valence-electron chi connectivity index (χ4n) is 5.75. The van der Waals surface area contributed by atoms with Crippen molar-refractivity contribution in [3.8, 4) is 11.1 Å². The second-order valence-electron chi connectivity index (χ2n) is 12.2. The number of hydrogen-bond donors (Lipinski definition) is 5. The molecule has 0 unspecified atom stereocenters. The molecule has 0 aliphatic heterocycles. The van der Waals surface area contributed by atoms with Crippen LogP contribution in [0.2, 0.25) is 0 Å². The number of carbonyl (C=O) groups excluding carboxylic acids is 6. The Bertz CT molecular complexity index is 1880. The van der Waals surface area contributed by atoms with Crippen LogP contribution >= 0.6 is 0 Å². The number of ether oxygens (including phenoxy) is 3. The Hall–Kier alpha value is -6.54. The van der Waals surface area contributed by atoms with Gasteiger partial charge in [0.2, 0.25) is 23.6 Å². The average Bonchev–Trinajstić information content (AvgIpc) is 3.52. The van der Waals surface area contributed by atoms with E-state index in [1.54, 1.807) is 30.3 Å². The summed E-state index contributed by atoms with van der Waals surface area (Å²) in [6, 6.07) is 32.8. The molecule has 0 saturated heterocycles. The van der Waals surface area contributed by atoms with Crippen LogP contribution in [0, 0.1) is 0 Å². The highest BCUT2D eigenvalue weighted by Crippen LogP contribution is 2.44. The first-order valence-corrected chi connectivity index (χ1v) is 17.3. The lowest BCUT2D eigenvalue weighted by Gasteiger charge is -2.19. The fraction of sp³-hybridized carbons (Fsp3) is 0.250. The van der Waals surface area contributed by atoms with Gasteiger partial charge in [-0.1, -0.05) is 109 Å². The van der Waals surface area contributed by atoms with E-state index in [4.69, 9.17) is 14.2 Å². The van der Waals surface area contributed by atoms with Crippen LogP contribution in [0.15, 0.2) is 109 Å². The molecule has 0 spiro atoms. The maximum absolute atomic E-state index is 13.1. The normalized spacial score (nSPS) is 11.9. The Morgan fingerprint density at radius 1 is 0.574 bits per heavy atom. The molecule has 0 aromatic heterocycles. The molecule has 0 bridgehead atoms. The van der Waals surface area contributed by atoms with E-state index in [2.05, 4.69) is 26.6 Å². The zero-order chi connectivity index (χ0) is 38.1. The summed E-state index contributed by atoms with van der Waals surface area (Å²) in [6.45, 7) is -1.85. The van der Waals surface area contributed by atoms with Crippen molar-refractivity contribution in [2.75, 3.05) is 39.6 Å². The van der Waals surface area contributed by atoms with Crippen LogP contribution < -0.4 is 26.6 Å². The molecule has 5 amide bonds. The van der Waals surface area contributed by atoms with Gasteiger partial charge in [-0.15, -0.1) is 0 Å². The van der Waals surface area contributed by atoms with Crippen molar-refractivity contribution < 1.29 is 43.0 Å². The van der Waals surface area contributed by atoms with E-state index in [9.17, 15) is 28.8 Å². The number of alkyl carbamates (subject to hydrolysis) is 1. The predicted octanol–water partition coefficient (Wildman–Crippen LogP) is 2.32. The zero-order valence-corrected chi connectivity index (χ0v) is 29.4. The summed E-state index contributed by atoms with van der Waals surface area (Å²) >= 11 is 0. The van der Waals surface area contributed by atoms with Crippen LogP contribution in [0.1, 0.15) is 28.2 Å². The van der Waals surface area contributed by atoms with Gasteiger partial charge in [-0.25, -0.2) is 9.59 Å². The summed E-state index contributed by atoms with van der Waals surface area (Å²) in [4.78, 5) is 74.9. The topological polar surface area (TPSA) is 190 Å². The van der Waals surface area contributed by atoms with Gasteiger partial charge in [-0.3, -0.25) is 19.2 Å². The minimum atomic E-state index is -1.08. The largest absolute Gasteiger partial charge is 0.459 e. The molecule has 4 aromatic carbocycles. The van der Waals surface area contributed by atoms with Crippen LogP contribution in [0.25, 0.3) is 11.1 Å². The third-order valence-corrected chi connectivity index (χ3v) is 8.37. The SMILES string of the molecule is O=C(CNC(=O)OCC1c2ccccc2-c2ccccc21)NCC(=O)N[C@H](Cc1ccccc1)C(=O)NCC(=O)NCOCC(=O)OCc1ccccc1. The highest BCUT2D eigenvalue weighted by atomic mass is 16.6. The summed E-state index contributed by atoms with van der Waals surface area (Å²) in [5, 5.41) is 12.3. The third-order valence-electron chi connectivity index (χ3n) is 8.37. The molecule has 0 saturated carbocycles. The summed E-state index contributed by atoms with van der Waals surface area (Å²) in [5.74, 6) is -3.30. The van der Waals surface area contributed by atoms with Gasteiger partial charge in [0.1, 0.15) is 39.1 Å². The lowest BCUT2D eigenvalue weighted by molar-refractivity contribution is -0.151. The number of benzene rings is 4. The van der Waals surface area contributed by atoms with Crippen molar-refractivity contribution in [3.63, 3.8) is 0 Å². The van der Waals surface area contributed by atoms with E-state index >= 15 is 0 Å². The van der Waals surface area contributed by atoms with Gasteiger partial charge < -0.3 is 40.8 Å². The third kappa shape index (κ3) is 11.7. The lowest BCUT2D eigenvalue weighted by Crippen LogP contribution is -2.52. The van der Waals surface area contributed by atoms with Crippen LogP contribution in [0.4, 0.5) is 4.79 Å². The molecule has 54 heavy (non-hydrogen) atoms. The molecule has 1 atom stereocenters. The number of carbonyl (C=O) groups is 6. The highest BCUT2D eigenvalue weighted by Gasteiger charge is 2.29. The van der Waals surface area contributed by atoms with E-state index in [1.165, 1.54) is 0 Å². The van der Waals surface area contributed by atoms with Crippen molar-refractivity contribution in [1.82, 2.24) is 26.6 Å². The molecule has 1 aliphatic rings. The van der Waals surface area contributed by atoms with Gasteiger partial charge >= 0.3 is 12.1 Å². The van der Waals surface area contributed by atoms with Crippen molar-refractivity contribution in [1.29, 1.82) is 0 Å². The van der Waals surface area contributed by atoms with E-state index in [-0.39, 0.29) is 38.9 Å². The first-order valence-electron chi connectivity index (χ1n) is 17.3. The number of nitrogens with one attached hydrogen (secondary N) is 5. The fourth-order valence-corrected chi connectivity index (χ4v) is 5.75. The molecule has 14 nitrogen and oxygen atoms in total. The van der Waals surface area contributed by atoms with Crippen molar-refractivity contribution in [3.05, 3.63) is 131 Å². The van der Waals surface area contributed by atoms with Crippen molar-refractivity contribution in [2.45, 2.75) is 25.0 Å². The van der Waals surface area contributed by atoms with Crippen LogP contribution in [-0.4, -0.2) is 81.3 Å². The second kappa shape index (κ2) is 19.9. The number of amides is 5. The number of fused-ring (bicyclic) bond motifs is 3. The molecular formula is C40H41N5O9. The van der Waals surface area contributed by atoms with Gasteiger partial charge in [-0.05, 0) is 33.4 Å². The molecule has 5 N–H and O–H groups in total. The predicted molar refractivity (Wildman–Crippen MR) is 196 cm³/mol. The molecule has 0 fully saturated rings. The van der Waals surface area contributed by atoms with E-state index in [0.717, 1.165) is 33.4 Å². The number of rotatable bonds is 18. The summed E-state index contributed by atoms with van der Waals surface area (Å²) in [6.07, 6.45) is -0.682. The zero-order valence-electron chi connectivity index (χ0n) is 29.4. The van der Waals surface area contributed by atoms with E-state index in [0.29, 0.717) is 0 Å². The van der Waals surface area contributed by atoms with E-state index < -0.39 is 61.4 Å². The molecule has 0 heterocycles. The maximum atomic E-state index is 13.1. The minimum Gasteiger partial charge on any atom is -0.459 e. The monoisotopic (exact) mass is 735 g/mol. The van der Waals surface area contributed by atoms with Crippen LogP contribution in [0.5, 0.6) is 0 Å². The Kier molecular flexibility index (Phi) is 14.3. The van der Waals surface area contributed by atoms with Gasteiger partial charge in [0.15, 0.2) is 0 Å². The van der Waals surface area contributed by atoms with Gasteiger partial charge in [0.25, 0.3) is 0 Å². The molecular weight excluding hydrogens is 694 g/mol. The summed E-state index contributed by atoms with van der Waals surface area (Å²) < 4.78 is 15.7. The molecule has 1 aliphatic carbocycles. The maximum Gasteiger partial charge on any atom is 0.407 e.